The summed E-state index contributed by atoms with van der Waals surface area (Å²) in [5.74, 6) is 1.68. The van der Waals surface area contributed by atoms with Crippen molar-refractivity contribution in [2.45, 2.75) is 49.3 Å². The van der Waals surface area contributed by atoms with Gasteiger partial charge in [-0.2, -0.15) is 9.29 Å². The van der Waals surface area contributed by atoms with Crippen molar-refractivity contribution >= 4 is 10.0 Å². The van der Waals surface area contributed by atoms with Crippen LogP contribution in [0.5, 0.6) is 0 Å². The smallest absolute Gasteiger partial charge is 0.244 e. The molecule has 0 N–H and O–H groups in total. The highest BCUT2D eigenvalue weighted by molar-refractivity contribution is 7.89. The fourth-order valence-electron chi connectivity index (χ4n) is 4.11. The van der Waals surface area contributed by atoms with Gasteiger partial charge >= 0.3 is 0 Å². The number of aromatic nitrogens is 3. The van der Waals surface area contributed by atoms with Gasteiger partial charge in [0.2, 0.25) is 15.9 Å². The molecule has 0 amide bonds. The molecule has 3 heterocycles. The second kappa shape index (κ2) is 5.88. The molecule has 8 heteroatoms. The Morgan fingerprint density at radius 2 is 2.24 bits per heavy atom. The van der Waals surface area contributed by atoms with Crippen molar-refractivity contribution in [3.8, 4) is 0 Å². The predicted octanol–water partition coefficient (Wildman–Crippen LogP) is 2.33. The van der Waals surface area contributed by atoms with E-state index in [9.17, 15) is 8.42 Å². The van der Waals surface area contributed by atoms with Gasteiger partial charge in [-0.25, -0.2) is 8.42 Å². The van der Waals surface area contributed by atoms with Crippen LogP contribution in [0, 0.1) is 5.92 Å². The van der Waals surface area contributed by atoms with Crippen molar-refractivity contribution in [2.24, 2.45) is 5.92 Å². The monoisotopic (exact) mass is 362 g/mol. The third-order valence-electron chi connectivity index (χ3n) is 5.49. The molecule has 2 atom stereocenters. The van der Waals surface area contributed by atoms with Gasteiger partial charge in [-0.05, 0) is 30.9 Å². The molecule has 1 aliphatic carbocycles. The molecule has 2 fully saturated rings. The Morgan fingerprint density at radius 1 is 1.40 bits per heavy atom. The van der Waals surface area contributed by atoms with E-state index in [0.29, 0.717) is 24.8 Å². The second-order valence-corrected chi connectivity index (χ2v) is 9.28. The van der Waals surface area contributed by atoms with Crippen molar-refractivity contribution in [3.63, 3.8) is 0 Å². The lowest BCUT2D eigenvalue weighted by Gasteiger charge is -2.24. The third-order valence-corrected chi connectivity index (χ3v) is 7.29. The summed E-state index contributed by atoms with van der Waals surface area (Å²) in [7, 11) is -3.55. The zero-order valence-electron chi connectivity index (χ0n) is 14.4. The number of nitrogens with zero attached hydrogens (tertiary/aromatic N) is 4. The van der Waals surface area contributed by atoms with E-state index in [4.69, 9.17) is 4.52 Å². The van der Waals surface area contributed by atoms with Crippen molar-refractivity contribution in [1.29, 1.82) is 0 Å². The molecule has 4 rings (SSSR count). The maximum Gasteiger partial charge on any atom is 0.244 e. The van der Waals surface area contributed by atoms with Gasteiger partial charge in [0.1, 0.15) is 4.90 Å². The lowest BCUT2D eigenvalue weighted by atomic mass is 9.80. The molecule has 2 aromatic heterocycles. The highest BCUT2D eigenvalue weighted by atomic mass is 32.2. The van der Waals surface area contributed by atoms with Gasteiger partial charge in [-0.15, -0.1) is 0 Å². The number of fused-ring (bicyclic) bond motifs is 1. The molecule has 1 aliphatic heterocycles. The van der Waals surface area contributed by atoms with Crippen LogP contribution in [0.25, 0.3) is 0 Å². The SMILES string of the molecule is CC(C)c1nc([C@@]23CCC[C@@H]2CN(S(=O)(=O)c2cccnc2)C3)no1. The van der Waals surface area contributed by atoms with Gasteiger partial charge in [0.25, 0.3) is 0 Å². The van der Waals surface area contributed by atoms with E-state index >= 15 is 0 Å². The van der Waals surface area contributed by atoms with Gasteiger partial charge in [-0.3, -0.25) is 4.98 Å². The Labute approximate surface area is 147 Å². The molecular weight excluding hydrogens is 340 g/mol. The Balaban J connectivity index is 1.68. The van der Waals surface area contributed by atoms with Crippen LogP contribution < -0.4 is 0 Å². The first-order chi connectivity index (χ1) is 11.9. The average molecular weight is 362 g/mol. The molecule has 1 saturated heterocycles. The van der Waals surface area contributed by atoms with Gasteiger partial charge < -0.3 is 4.52 Å². The standard InChI is InChI=1S/C17H22N4O3S/c1-12(2)15-19-16(20-24-15)17-7-3-5-13(17)10-21(11-17)25(22,23)14-6-4-8-18-9-14/h4,6,8-9,12-13H,3,5,7,10-11H2,1-2H3/t13-,17-/m1/s1. The van der Waals surface area contributed by atoms with Gasteiger partial charge in [0.15, 0.2) is 5.82 Å². The van der Waals surface area contributed by atoms with Gasteiger partial charge in [0, 0.05) is 31.4 Å². The Kier molecular flexibility index (Phi) is 3.92. The minimum Gasteiger partial charge on any atom is -0.339 e. The highest BCUT2D eigenvalue weighted by Gasteiger charge is 2.56. The normalized spacial score (nSPS) is 27.1. The van der Waals surface area contributed by atoms with Crippen molar-refractivity contribution in [3.05, 3.63) is 36.2 Å². The summed E-state index contributed by atoms with van der Waals surface area (Å²) in [6.45, 7) is 4.93. The van der Waals surface area contributed by atoms with E-state index in [2.05, 4.69) is 15.1 Å². The summed E-state index contributed by atoms with van der Waals surface area (Å²) in [6, 6.07) is 3.24. The van der Waals surface area contributed by atoms with Crippen LogP contribution in [-0.2, 0) is 15.4 Å². The second-order valence-electron chi connectivity index (χ2n) is 7.34. The molecule has 25 heavy (non-hydrogen) atoms. The molecule has 2 aromatic rings. The number of pyridine rings is 1. The van der Waals surface area contributed by atoms with E-state index in [1.165, 1.54) is 6.20 Å². The quantitative estimate of drug-likeness (QED) is 0.829. The topological polar surface area (TPSA) is 89.2 Å². The Hall–Kier alpha value is -1.80. The zero-order chi connectivity index (χ0) is 17.7. The molecule has 0 unspecified atom stereocenters. The van der Waals surface area contributed by atoms with Crippen LogP contribution in [0.15, 0.2) is 33.9 Å². The summed E-state index contributed by atoms with van der Waals surface area (Å²) >= 11 is 0. The summed E-state index contributed by atoms with van der Waals surface area (Å²) in [5.41, 5.74) is -0.327. The number of rotatable bonds is 4. The van der Waals surface area contributed by atoms with Crippen LogP contribution in [0.1, 0.15) is 50.7 Å². The lowest BCUT2D eigenvalue weighted by molar-refractivity contribution is 0.324. The zero-order valence-corrected chi connectivity index (χ0v) is 15.2. The van der Waals surface area contributed by atoms with Gasteiger partial charge in [-0.1, -0.05) is 25.4 Å². The summed E-state index contributed by atoms with van der Waals surface area (Å²) in [5, 5.41) is 4.22. The molecule has 2 aliphatic rings. The lowest BCUT2D eigenvalue weighted by Crippen LogP contribution is -2.35. The Morgan fingerprint density at radius 3 is 2.92 bits per heavy atom. The summed E-state index contributed by atoms with van der Waals surface area (Å²) in [4.78, 5) is 8.79. The highest BCUT2D eigenvalue weighted by Crippen LogP contribution is 2.50. The molecule has 0 aromatic carbocycles. The van der Waals surface area contributed by atoms with Crippen molar-refractivity contribution < 1.29 is 12.9 Å². The first-order valence-corrected chi connectivity index (χ1v) is 10.1. The van der Waals surface area contributed by atoms with Gasteiger partial charge in [0.05, 0.1) is 5.41 Å². The van der Waals surface area contributed by atoms with E-state index < -0.39 is 10.0 Å². The van der Waals surface area contributed by atoms with E-state index in [1.54, 1.807) is 22.6 Å². The van der Waals surface area contributed by atoms with Crippen LogP contribution >= 0.6 is 0 Å². The van der Waals surface area contributed by atoms with Crippen LogP contribution in [0.2, 0.25) is 0 Å². The maximum absolute atomic E-state index is 13.0. The number of sulfonamides is 1. The molecule has 134 valence electrons. The number of hydrogen-bond donors (Lipinski definition) is 0. The van der Waals surface area contributed by atoms with Crippen molar-refractivity contribution in [1.82, 2.24) is 19.4 Å². The Bertz CT molecular complexity index is 865. The minimum atomic E-state index is -3.55. The van der Waals surface area contributed by atoms with Crippen molar-refractivity contribution in [2.75, 3.05) is 13.1 Å². The molecular formula is C17H22N4O3S. The van der Waals surface area contributed by atoms with Crippen LogP contribution in [-0.4, -0.2) is 40.9 Å². The first kappa shape index (κ1) is 16.7. The molecule has 0 spiro atoms. The molecule has 0 radical (unpaired) electrons. The fraction of sp³-hybridized carbons (Fsp3) is 0.588. The molecule has 1 saturated carbocycles. The summed E-state index contributed by atoms with van der Waals surface area (Å²) < 4.78 is 32.9. The maximum atomic E-state index is 13.0. The van der Waals surface area contributed by atoms with Crippen LogP contribution in [0.3, 0.4) is 0 Å². The first-order valence-electron chi connectivity index (χ1n) is 8.68. The molecule has 0 bridgehead atoms. The predicted molar refractivity (Wildman–Crippen MR) is 90.4 cm³/mol. The summed E-state index contributed by atoms with van der Waals surface area (Å²) in [6.07, 6.45) is 5.93. The van der Waals surface area contributed by atoms with E-state index in [1.807, 2.05) is 13.8 Å². The fourth-order valence-corrected chi connectivity index (χ4v) is 5.63. The van der Waals surface area contributed by atoms with E-state index in [-0.39, 0.29) is 22.1 Å². The minimum absolute atomic E-state index is 0.161. The third kappa shape index (κ3) is 2.58. The molecule has 7 nitrogen and oxygen atoms in total. The largest absolute Gasteiger partial charge is 0.339 e. The van der Waals surface area contributed by atoms with Crippen LogP contribution in [0.4, 0.5) is 0 Å². The van der Waals surface area contributed by atoms with E-state index in [0.717, 1.165) is 19.3 Å². The number of hydrogen-bond acceptors (Lipinski definition) is 6. The average Bonchev–Trinajstić information content (AvgIpc) is 3.29.